The number of hydrogen-bond donors (Lipinski definition) is 0. The summed E-state index contributed by atoms with van der Waals surface area (Å²) >= 11 is 11.9. The van der Waals surface area contributed by atoms with Crippen molar-refractivity contribution in [3.8, 4) is 0 Å². The molecule has 0 N–H and O–H groups in total. The van der Waals surface area contributed by atoms with E-state index < -0.39 is 0 Å². The highest BCUT2D eigenvalue weighted by atomic mass is 35.5. The minimum Gasteiger partial charge on any atom is -0.339 e. The van der Waals surface area contributed by atoms with E-state index in [0.717, 1.165) is 12.8 Å². The van der Waals surface area contributed by atoms with E-state index in [1.165, 1.54) is 25.1 Å². The van der Waals surface area contributed by atoms with Crippen LogP contribution in [0.3, 0.4) is 0 Å². The monoisotopic (exact) mass is 300 g/mol. The van der Waals surface area contributed by atoms with Crippen LogP contribution in [0.4, 0.5) is 0 Å². The summed E-state index contributed by atoms with van der Waals surface area (Å²) in [6, 6.07) is 1.83. The lowest BCUT2D eigenvalue weighted by molar-refractivity contribution is 0.0672. The van der Waals surface area contributed by atoms with Crippen LogP contribution in [-0.2, 0) is 0 Å². The minimum absolute atomic E-state index is 0.0756. The zero-order valence-corrected chi connectivity index (χ0v) is 12.7. The van der Waals surface area contributed by atoms with Gasteiger partial charge in [-0.2, -0.15) is 0 Å². The number of carbonyl (C=O) groups is 1. The van der Waals surface area contributed by atoms with E-state index in [0.29, 0.717) is 22.5 Å². The molecule has 104 valence electrons. The predicted molar refractivity (Wildman–Crippen MR) is 77.8 cm³/mol. The van der Waals surface area contributed by atoms with Crippen molar-refractivity contribution >= 4 is 29.1 Å². The average Bonchev–Trinajstić information content (AvgIpc) is 2.40. The molecule has 2 unspecified atom stereocenters. The summed E-state index contributed by atoms with van der Waals surface area (Å²) in [5.41, 5.74) is 0.433. The lowest BCUT2D eigenvalue weighted by Gasteiger charge is -2.34. The van der Waals surface area contributed by atoms with Crippen molar-refractivity contribution in [1.29, 1.82) is 0 Å². The molecular weight excluding hydrogens is 283 g/mol. The van der Waals surface area contributed by atoms with Crippen molar-refractivity contribution < 1.29 is 4.79 Å². The van der Waals surface area contributed by atoms with Crippen LogP contribution in [0.15, 0.2) is 12.3 Å². The summed E-state index contributed by atoms with van der Waals surface area (Å²) in [6.07, 6.45) is 5.96. The van der Waals surface area contributed by atoms with Gasteiger partial charge in [0, 0.05) is 19.3 Å². The van der Waals surface area contributed by atoms with E-state index in [1.54, 1.807) is 4.90 Å². The Hall–Kier alpha value is -0.800. The summed E-state index contributed by atoms with van der Waals surface area (Å²) < 4.78 is 0. The van der Waals surface area contributed by atoms with Crippen LogP contribution < -0.4 is 0 Å². The molecule has 1 aliphatic rings. The van der Waals surface area contributed by atoms with Crippen LogP contribution in [-0.4, -0.2) is 28.9 Å². The molecule has 1 fully saturated rings. The molecule has 2 atom stereocenters. The van der Waals surface area contributed by atoms with Crippen LogP contribution in [0.2, 0.25) is 10.2 Å². The summed E-state index contributed by atoms with van der Waals surface area (Å²) in [7, 11) is 1.84. The molecule has 3 nitrogen and oxygen atoms in total. The molecule has 1 heterocycles. The first-order valence-corrected chi connectivity index (χ1v) is 7.33. The maximum Gasteiger partial charge on any atom is 0.255 e. The quantitative estimate of drug-likeness (QED) is 0.772. The molecule has 1 aromatic heterocycles. The number of carbonyl (C=O) groups excluding carboxylic acids is 1. The molecule has 1 aliphatic carbocycles. The number of amides is 1. The second-order valence-electron chi connectivity index (χ2n) is 5.33. The third kappa shape index (κ3) is 3.40. The summed E-state index contributed by atoms with van der Waals surface area (Å²) in [5.74, 6) is 0.596. The van der Waals surface area contributed by atoms with Gasteiger partial charge in [-0.15, -0.1) is 0 Å². The topological polar surface area (TPSA) is 33.2 Å². The number of nitrogens with zero attached hydrogens (tertiary/aromatic N) is 2. The largest absolute Gasteiger partial charge is 0.339 e. The van der Waals surface area contributed by atoms with Gasteiger partial charge < -0.3 is 4.90 Å². The van der Waals surface area contributed by atoms with Gasteiger partial charge in [-0.3, -0.25) is 4.79 Å². The molecule has 0 aromatic carbocycles. The maximum absolute atomic E-state index is 12.5. The molecule has 0 saturated heterocycles. The molecule has 19 heavy (non-hydrogen) atoms. The highest BCUT2D eigenvalue weighted by Gasteiger charge is 2.27. The second kappa shape index (κ2) is 6.10. The molecule has 0 spiro atoms. The van der Waals surface area contributed by atoms with Crippen LogP contribution in [0.25, 0.3) is 0 Å². The highest BCUT2D eigenvalue weighted by Crippen LogP contribution is 2.28. The van der Waals surface area contributed by atoms with Gasteiger partial charge in [0.25, 0.3) is 5.91 Å². The van der Waals surface area contributed by atoms with Gasteiger partial charge in [0.05, 0.1) is 10.6 Å². The second-order valence-corrected chi connectivity index (χ2v) is 6.12. The number of aromatic nitrogens is 1. The van der Waals surface area contributed by atoms with Gasteiger partial charge in [-0.1, -0.05) is 43.0 Å². The van der Waals surface area contributed by atoms with Crippen molar-refractivity contribution in [1.82, 2.24) is 9.88 Å². The molecule has 5 heteroatoms. The number of halogens is 2. The van der Waals surface area contributed by atoms with E-state index in [4.69, 9.17) is 23.2 Å². The van der Waals surface area contributed by atoms with E-state index in [1.807, 2.05) is 7.05 Å². The Morgan fingerprint density at radius 3 is 2.84 bits per heavy atom. The molecule has 0 radical (unpaired) electrons. The maximum atomic E-state index is 12.5. The normalized spacial score (nSPS) is 23.2. The third-order valence-electron chi connectivity index (χ3n) is 3.83. The fourth-order valence-electron chi connectivity index (χ4n) is 2.69. The van der Waals surface area contributed by atoms with E-state index >= 15 is 0 Å². The SMILES string of the molecule is CC1CCCC(N(C)C(=O)c2cc(Cl)ncc2Cl)C1. The summed E-state index contributed by atoms with van der Waals surface area (Å²) in [4.78, 5) is 18.1. The Kier molecular flexibility index (Phi) is 4.69. The standard InChI is InChI=1S/C14H18Cl2N2O/c1-9-4-3-5-10(6-9)18(2)14(19)11-7-13(16)17-8-12(11)15/h7-10H,3-6H2,1-2H3. The third-order valence-corrected chi connectivity index (χ3v) is 4.34. The predicted octanol–water partition coefficient (Wildman–Crippen LogP) is 4.04. The minimum atomic E-state index is -0.0756. The van der Waals surface area contributed by atoms with Crippen molar-refractivity contribution in [2.24, 2.45) is 5.92 Å². The van der Waals surface area contributed by atoms with Crippen molar-refractivity contribution in [3.05, 3.63) is 28.0 Å². The van der Waals surface area contributed by atoms with E-state index in [2.05, 4.69) is 11.9 Å². The van der Waals surface area contributed by atoms with Crippen LogP contribution >= 0.6 is 23.2 Å². The fraction of sp³-hybridized carbons (Fsp3) is 0.571. The smallest absolute Gasteiger partial charge is 0.255 e. The first-order chi connectivity index (χ1) is 8.99. The Balaban J connectivity index is 2.16. The van der Waals surface area contributed by atoms with Gasteiger partial charge >= 0.3 is 0 Å². The van der Waals surface area contributed by atoms with Gasteiger partial charge in [-0.25, -0.2) is 4.98 Å². The van der Waals surface area contributed by atoms with Crippen LogP contribution in [0.1, 0.15) is 43.0 Å². The molecule has 1 amide bonds. The van der Waals surface area contributed by atoms with Crippen LogP contribution in [0, 0.1) is 5.92 Å². The first-order valence-electron chi connectivity index (χ1n) is 6.57. The zero-order chi connectivity index (χ0) is 14.0. The van der Waals surface area contributed by atoms with Crippen molar-refractivity contribution in [3.63, 3.8) is 0 Å². The Morgan fingerprint density at radius 2 is 2.16 bits per heavy atom. The van der Waals surface area contributed by atoms with Gasteiger partial charge in [0.2, 0.25) is 0 Å². The van der Waals surface area contributed by atoms with Gasteiger partial charge in [0.1, 0.15) is 5.15 Å². The molecular formula is C14H18Cl2N2O. The van der Waals surface area contributed by atoms with E-state index in [9.17, 15) is 4.79 Å². The highest BCUT2D eigenvalue weighted by molar-refractivity contribution is 6.35. The van der Waals surface area contributed by atoms with Gasteiger partial charge in [0.15, 0.2) is 0 Å². The number of hydrogen-bond acceptors (Lipinski definition) is 2. The zero-order valence-electron chi connectivity index (χ0n) is 11.2. The lowest BCUT2D eigenvalue weighted by atomic mass is 9.86. The molecule has 1 saturated carbocycles. The lowest BCUT2D eigenvalue weighted by Crippen LogP contribution is -2.40. The van der Waals surface area contributed by atoms with Crippen molar-refractivity contribution in [2.75, 3.05) is 7.05 Å². The fourth-order valence-corrected chi connectivity index (χ4v) is 3.03. The number of pyridine rings is 1. The van der Waals surface area contributed by atoms with E-state index in [-0.39, 0.29) is 11.1 Å². The molecule has 0 bridgehead atoms. The van der Waals surface area contributed by atoms with Crippen molar-refractivity contribution in [2.45, 2.75) is 38.6 Å². The summed E-state index contributed by atoms with van der Waals surface area (Å²) in [6.45, 7) is 2.24. The molecule has 1 aromatic rings. The summed E-state index contributed by atoms with van der Waals surface area (Å²) in [5, 5.41) is 0.642. The Bertz CT molecular complexity index is 479. The van der Waals surface area contributed by atoms with Gasteiger partial charge in [-0.05, 0) is 24.8 Å². The molecule has 0 aliphatic heterocycles. The van der Waals surface area contributed by atoms with Crippen LogP contribution in [0.5, 0.6) is 0 Å². The first kappa shape index (κ1) is 14.6. The Morgan fingerprint density at radius 1 is 1.42 bits per heavy atom. The Labute approximate surface area is 123 Å². The average molecular weight is 301 g/mol. The number of rotatable bonds is 2. The molecule has 2 rings (SSSR count).